The van der Waals surface area contributed by atoms with Crippen molar-refractivity contribution in [2.45, 2.75) is 6.85 Å². The first-order valence-corrected chi connectivity index (χ1v) is 21.0. The Labute approximate surface area is 363 Å². The number of fused-ring (bicyclic) bond motifs is 24. The van der Waals surface area contributed by atoms with Crippen molar-refractivity contribution in [3.05, 3.63) is 175 Å². The zero-order valence-corrected chi connectivity index (χ0v) is 33.4. The monoisotopic (exact) mass is 806 g/mol. The number of benzene rings is 9. The van der Waals surface area contributed by atoms with Crippen LogP contribution in [0.4, 0.5) is 0 Å². The quantitative estimate of drug-likeness (QED) is 0.172. The lowest BCUT2D eigenvalue weighted by atomic mass is 9.94. The van der Waals surface area contributed by atoms with Gasteiger partial charge in [0.15, 0.2) is 17.5 Å². The second kappa shape index (κ2) is 12.7. The summed E-state index contributed by atoms with van der Waals surface area (Å²) in [6.45, 7) is -2.35. The van der Waals surface area contributed by atoms with Crippen LogP contribution in [-0.2, 0) is 0 Å². The number of aryl methyl sites for hydroxylation is 1. The van der Waals surface area contributed by atoms with Gasteiger partial charge >= 0.3 is 0 Å². The van der Waals surface area contributed by atoms with Gasteiger partial charge in [0.05, 0.1) is 11.2 Å². The molecule has 0 spiro atoms. The Morgan fingerprint density at radius 3 is 1.29 bits per heavy atom. The summed E-state index contributed by atoms with van der Waals surface area (Å²) in [7, 11) is 0. The molecule has 3 aromatic heterocycles. The first-order chi connectivity index (χ1) is 32.3. The number of hydrogen-bond donors (Lipinski definition) is 2. The second-order valence-corrected chi connectivity index (χ2v) is 16.5. The molecule has 9 aromatic carbocycles. The van der Waals surface area contributed by atoms with E-state index in [-0.39, 0.29) is 5.56 Å². The van der Waals surface area contributed by atoms with E-state index < -0.39 is 6.85 Å². The van der Waals surface area contributed by atoms with E-state index in [1.807, 2.05) is 60.7 Å². The molecule has 0 unspecified atom stereocenters. The Morgan fingerprint density at radius 1 is 0.365 bits per heavy atom. The lowest BCUT2D eigenvalue weighted by Gasteiger charge is -2.09. The molecule has 63 heavy (non-hydrogen) atoms. The molecule has 2 N–H and O–H groups in total. The molecule has 0 atom stereocenters. The number of nitrogens with zero attached hydrogens (tertiary/aromatic N) is 5. The summed E-state index contributed by atoms with van der Waals surface area (Å²) in [5, 5.41) is 12.0. The molecule has 7 nitrogen and oxygen atoms in total. The number of aromatic nitrogens is 7. The summed E-state index contributed by atoms with van der Waals surface area (Å²) < 4.78 is 25.5. The molecule has 5 heterocycles. The van der Waals surface area contributed by atoms with Gasteiger partial charge in [-0.15, -0.1) is 0 Å². The van der Waals surface area contributed by atoms with E-state index in [0.717, 1.165) is 98.0 Å². The van der Waals surface area contributed by atoms with Crippen LogP contribution in [0.3, 0.4) is 0 Å². The maximum Gasteiger partial charge on any atom is 0.164 e. The number of nitrogens with one attached hydrogen (secondary N) is 2. The largest absolute Gasteiger partial charge is 0.339 e. The van der Waals surface area contributed by atoms with E-state index in [0.29, 0.717) is 45.7 Å². The second-order valence-electron chi connectivity index (χ2n) is 16.5. The molecule has 2 aliphatic heterocycles. The van der Waals surface area contributed by atoms with Crippen LogP contribution in [0.15, 0.2) is 170 Å². The fraction of sp³-hybridized carbons (Fsp3) is 0.0179. The fourth-order valence-electron chi connectivity index (χ4n) is 9.75. The standard InChI is InChI=1S/C56H33N7/c1-30-11-10-20-39(21-30)48-49-40-22-31-12-2-4-14-33(31)24-42(40)51(57-49)59-53-44-26-35-16-6-8-18-37(35)28-46(44)55(61-53)63-56-47-29-38-19-9-7-17-36(38)27-45(47)54(62-56)60-52-43-25-34-15-5-3-13-32(34)23-41(43)50(48)58-52/h2-29H,1H3,(H2,57,58,59,60,61,62,63)/i1D3. The van der Waals surface area contributed by atoms with Gasteiger partial charge < -0.3 is 9.97 Å². The molecule has 8 bridgehead atoms. The molecule has 12 aromatic rings. The van der Waals surface area contributed by atoms with Gasteiger partial charge in [0.2, 0.25) is 0 Å². The van der Waals surface area contributed by atoms with Gasteiger partial charge in [-0.1, -0.05) is 127 Å². The highest BCUT2D eigenvalue weighted by atomic mass is 15.0. The molecule has 0 radical (unpaired) electrons. The van der Waals surface area contributed by atoms with Crippen molar-refractivity contribution in [2.24, 2.45) is 0 Å². The number of rotatable bonds is 1. The maximum atomic E-state index is 8.50. The van der Waals surface area contributed by atoms with Crippen LogP contribution in [0.1, 0.15) is 9.68 Å². The number of hydrogen-bond acceptors (Lipinski definition) is 5. The molecular weight excluding hydrogens is 771 g/mol. The summed E-state index contributed by atoms with van der Waals surface area (Å²) in [6, 6.07) is 57.7. The van der Waals surface area contributed by atoms with Crippen LogP contribution < -0.4 is 0 Å². The summed E-state index contributed by atoms with van der Waals surface area (Å²) >= 11 is 0. The van der Waals surface area contributed by atoms with E-state index >= 15 is 0 Å². The SMILES string of the molecule is [2H]C([2H])([2H])c1cccc(-c2c3nc(nc4[nH]c(nc5nc(nc6[nH]c2c2cc7ccccc7cc62)-c2cc6ccccc6cc2-5)c2cc5ccccc5cc42)-c2cc4ccccc4cc2-3)c1. The summed E-state index contributed by atoms with van der Waals surface area (Å²) in [5.41, 5.74) is 8.33. The lowest BCUT2D eigenvalue weighted by molar-refractivity contribution is 1.21. The van der Waals surface area contributed by atoms with Crippen LogP contribution in [0.5, 0.6) is 0 Å². The van der Waals surface area contributed by atoms with Crippen molar-refractivity contribution in [3.63, 3.8) is 0 Å². The van der Waals surface area contributed by atoms with Crippen LogP contribution in [-0.4, -0.2) is 34.9 Å². The highest BCUT2D eigenvalue weighted by molar-refractivity contribution is 6.18. The Kier molecular flexibility index (Phi) is 6.34. The molecule has 2 aliphatic rings. The Morgan fingerprint density at radius 2 is 0.778 bits per heavy atom. The average molecular weight is 807 g/mol. The molecule has 0 fully saturated rings. The summed E-state index contributed by atoms with van der Waals surface area (Å²) in [5.74, 6) is 1.57. The highest BCUT2D eigenvalue weighted by Gasteiger charge is 2.26. The Balaban J connectivity index is 1.24. The van der Waals surface area contributed by atoms with Gasteiger partial charge in [-0.05, 0) is 104 Å². The third-order valence-corrected chi connectivity index (χ3v) is 12.8. The maximum absolute atomic E-state index is 8.50. The topological polar surface area (TPSA) is 96.0 Å². The smallest absolute Gasteiger partial charge is 0.164 e. The number of H-pyrrole nitrogens is 2. The normalized spacial score (nSPS) is 13.1. The lowest BCUT2D eigenvalue weighted by Crippen LogP contribution is -1.87. The first kappa shape index (κ1) is 31.3. The van der Waals surface area contributed by atoms with E-state index in [1.165, 1.54) is 0 Å². The van der Waals surface area contributed by atoms with Crippen LogP contribution in [0, 0.1) is 6.85 Å². The zero-order valence-electron chi connectivity index (χ0n) is 36.4. The molecule has 14 rings (SSSR count). The predicted octanol–water partition coefficient (Wildman–Crippen LogP) is 14.1. The minimum absolute atomic E-state index is 0.227. The zero-order chi connectivity index (χ0) is 43.8. The first-order valence-electron chi connectivity index (χ1n) is 22.5. The average Bonchev–Trinajstić information content (AvgIpc) is 4.06. The third-order valence-electron chi connectivity index (χ3n) is 12.8. The molecule has 0 saturated heterocycles. The fourth-order valence-corrected chi connectivity index (χ4v) is 9.75. The molecule has 0 amide bonds. The van der Waals surface area contributed by atoms with Gasteiger partial charge in [0.25, 0.3) is 0 Å². The minimum Gasteiger partial charge on any atom is -0.339 e. The van der Waals surface area contributed by atoms with Gasteiger partial charge in [-0.2, -0.15) is 0 Å². The minimum atomic E-state index is -2.35. The van der Waals surface area contributed by atoms with Crippen molar-refractivity contribution in [1.29, 1.82) is 0 Å². The van der Waals surface area contributed by atoms with Crippen molar-refractivity contribution < 1.29 is 4.11 Å². The highest BCUT2D eigenvalue weighted by Crippen LogP contribution is 2.46. The van der Waals surface area contributed by atoms with E-state index in [4.69, 9.17) is 29.0 Å². The van der Waals surface area contributed by atoms with E-state index in [9.17, 15) is 0 Å². The van der Waals surface area contributed by atoms with Crippen molar-refractivity contribution in [1.82, 2.24) is 34.9 Å². The Bertz CT molecular complexity index is 4300. The Hall–Kier alpha value is -8.55. The van der Waals surface area contributed by atoms with Crippen molar-refractivity contribution in [3.8, 4) is 56.5 Å². The van der Waals surface area contributed by atoms with E-state index in [2.05, 4.69) is 107 Å². The van der Waals surface area contributed by atoms with Gasteiger partial charge in [0, 0.05) is 53.5 Å². The van der Waals surface area contributed by atoms with Crippen LogP contribution >= 0.6 is 0 Å². The molecule has 0 aliphatic carbocycles. The molecule has 7 heteroatoms. The van der Waals surface area contributed by atoms with Gasteiger partial charge in [0.1, 0.15) is 16.9 Å². The molecule has 292 valence electrons. The van der Waals surface area contributed by atoms with Gasteiger partial charge in [-0.25, -0.2) is 24.9 Å². The van der Waals surface area contributed by atoms with Crippen molar-refractivity contribution in [2.75, 3.05) is 0 Å². The van der Waals surface area contributed by atoms with Crippen LogP contribution in [0.2, 0.25) is 0 Å². The third kappa shape index (κ3) is 5.17. The predicted molar refractivity (Wildman–Crippen MR) is 258 cm³/mol. The molecule has 0 saturated carbocycles. The van der Waals surface area contributed by atoms with Crippen molar-refractivity contribution >= 4 is 87.1 Å². The van der Waals surface area contributed by atoms with E-state index in [1.54, 1.807) is 12.1 Å². The summed E-state index contributed by atoms with van der Waals surface area (Å²) in [6.07, 6.45) is 0. The number of aromatic amines is 2. The molecular formula is C56H33N7. The summed E-state index contributed by atoms with van der Waals surface area (Å²) in [4.78, 5) is 34.5. The van der Waals surface area contributed by atoms with Gasteiger partial charge in [-0.3, -0.25) is 0 Å². The van der Waals surface area contributed by atoms with Crippen LogP contribution in [0.25, 0.3) is 144 Å².